The number of aromatic nitrogens is 2. The molecule has 0 aliphatic carbocycles. The van der Waals surface area contributed by atoms with Gasteiger partial charge >= 0.3 is 0 Å². The fraction of sp³-hybridized carbons (Fsp3) is 0.214. The first kappa shape index (κ1) is 17.7. The third kappa shape index (κ3) is 4.40. The van der Waals surface area contributed by atoms with E-state index in [0.29, 0.717) is 17.1 Å². The van der Waals surface area contributed by atoms with E-state index in [1.165, 1.54) is 0 Å². The van der Waals surface area contributed by atoms with E-state index in [1.807, 2.05) is 0 Å². The summed E-state index contributed by atoms with van der Waals surface area (Å²) < 4.78 is 24.0. The highest BCUT2D eigenvalue weighted by molar-refractivity contribution is 7.91. The largest absolute Gasteiger partial charge is 0.321 e. The van der Waals surface area contributed by atoms with Crippen molar-refractivity contribution in [1.29, 1.82) is 0 Å². The highest BCUT2D eigenvalue weighted by Crippen LogP contribution is 2.18. The molecule has 9 heteroatoms. The minimum absolute atomic E-state index is 0.0353. The Kier molecular flexibility index (Phi) is 5.56. The van der Waals surface area contributed by atoms with Gasteiger partial charge in [0.25, 0.3) is 5.91 Å². The molecule has 2 rings (SSSR count). The van der Waals surface area contributed by atoms with E-state index in [0.717, 1.165) is 6.20 Å². The van der Waals surface area contributed by atoms with Gasteiger partial charge in [0.05, 0.1) is 17.0 Å². The first-order valence-corrected chi connectivity index (χ1v) is 9.06. The molecule has 0 bridgehead atoms. The Balaban J connectivity index is 2.31. The summed E-state index contributed by atoms with van der Waals surface area (Å²) in [7, 11) is -3.64. The zero-order valence-corrected chi connectivity index (χ0v) is 14.4. The highest BCUT2D eigenvalue weighted by atomic mass is 35.5. The summed E-state index contributed by atoms with van der Waals surface area (Å²) in [5, 5.41) is 2.65. The number of sulfone groups is 1. The van der Waals surface area contributed by atoms with E-state index in [9.17, 15) is 13.2 Å². The number of nitrogens with zero attached hydrogens (tertiary/aromatic N) is 2. The molecule has 0 aliphatic heterocycles. The van der Waals surface area contributed by atoms with Crippen LogP contribution in [0, 0.1) is 0 Å². The second kappa shape index (κ2) is 7.25. The van der Waals surface area contributed by atoms with E-state index in [-0.39, 0.29) is 16.5 Å². The lowest BCUT2D eigenvalue weighted by Gasteiger charge is -2.08. The molecule has 0 unspecified atom stereocenters. The fourth-order valence-electron chi connectivity index (χ4n) is 1.74. The molecule has 1 aromatic carbocycles. The van der Waals surface area contributed by atoms with E-state index in [4.69, 9.17) is 23.2 Å². The van der Waals surface area contributed by atoms with Gasteiger partial charge in [-0.1, -0.05) is 30.1 Å². The molecule has 1 heterocycles. The van der Waals surface area contributed by atoms with Gasteiger partial charge in [0.15, 0.2) is 5.69 Å². The minimum atomic E-state index is -3.64. The molecule has 1 aromatic heterocycles. The summed E-state index contributed by atoms with van der Waals surface area (Å²) >= 11 is 11.7. The normalized spacial score (nSPS) is 11.3. The highest BCUT2D eigenvalue weighted by Gasteiger charge is 2.21. The SMILES string of the molecule is CCCS(=O)(=O)c1ncc(Cl)c(C(=O)Nc2ccc(Cl)cc2)n1. The maximum absolute atomic E-state index is 12.2. The maximum atomic E-state index is 12.2. The topological polar surface area (TPSA) is 89.0 Å². The van der Waals surface area contributed by atoms with Gasteiger partial charge in [-0.05, 0) is 30.7 Å². The molecule has 122 valence electrons. The average molecular weight is 374 g/mol. The smallest absolute Gasteiger partial charge is 0.275 e. The molecular weight excluding hydrogens is 361 g/mol. The Morgan fingerprint density at radius 2 is 1.87 bits per heavy atom. The molecule has 2 aromatic rings. The molecule has 0 saturated heterocycles. The van der Waals surface area contributed by atoms with Gasteiger partial charge in [0, 0.05) is 10.7 Å². The van der Waals surface area contributed by atoms with Crippen LogP contribution >= 0.6 is 23.2 Å². The number of carbonyl (C=O) groups is 1. The van der Waals surface area contributed by atoms with Crippen molar-refractivity contribution < 1.29 is 13.2 Å². The zero-order valence-electron chi connectivity index (χ0n) is 12.1. The van der Waals surface area contributed by atoms with Crippen LogP contribution in [0.2, 0.25) is 10.0 Å². The Bertz CT molecular complexity index is 824. The van der Waals surface area contributed by atoms with Crippen molar-refractivity contribution >= 4 is 44.6 Å². The molecule has 1 amide bonds. The molecule has 0 fully saturated rings. The van der Waals surface area contributed by atoms with Crippen LogP contribution in [0.1, 0.15) is 23.8 Å². The standard InChI is InChI=1S/C14H13Cl2N3O3S/c1-2-7-23(21,22)14-17-8-11(16)12(19-14)13(20)18-10-5-3-9(15)4-6-10/h3-6,8H,2,7H2,1H3,(H,18,20). The summed E-state index contributed by atoms with van der Waals surface area (Å²) in [5.41, 5.74) is 0.276. The van der Waals surface area contributed by atoms with Crippen molar-refractivity contribution in [2.75, 3.05) is 11.1 Å². The van der Waals surface area contributed by atoms with Crippen molar-refractivity contribution in [3.8, 4) is 0 Å². The van der Waals surface area contributed by atoms with Gasteiger partial charge in [0.2, 0.25) is 15.0 Å². The van der Waals surface area contributed by atoms with Gasteiger partial charge in [-0.25, -0.2) is 18.4 Å². The van der Waals surface area contributed by atoms with Crippen LogP contribution in [0.4, 0.5) is 5.69 Å². The summed E-state index contributed by atoms with van der Waals surface area (Å²) in [4.78, 5) is 19.8. The van der Waals surface area contributed by atoms with Crippen LogP contribution in [0.25, 0.3) is 0 Å². The lowest BCUT2D eigenvalue weighted by Crippen LogP contribution is -2.18. The molecular formula is C14H13Cl2N3O3S. The number of nitrogens with one attached hydrogen (secondary N) is 1. The average Bonchev–Trinajstić information content (AvgIpc) is 2.49. The van der Waals surface area contributed by atoms with Crippen LogP contribution in [-0.4, -0.2) is 30.0 Å². The second-order valence-electron chi connectivity index (χ2n) is 4.63. The molecule has 0 aliphatic rings. The predicted molar refractivity (Wildman–Crippen MR) is 88.8 cm³/mol. The Labute approximate surface area is 143 Å². The monoisotopic (exact) mass is 373 g/mol. The van der Waals surface area contributed by atoms with E-state index >= 15 is 0 Å². The van der Waals surface area contributed by atoms with E-state index < -0.39 is 20.9 Å². The number of hydrogen-bond acceptors (Lipinski definition) is 5. The Morgan fingerprint density at radius 1 is 1.22 bits per heavy atom. The number of amides is 1. The van der Waals surface area contributed by atoms with E-state index in [1.54, 1.807) is 31.2 Å². The quantitative estimate of drug-likeness (QED) is 0.812. The molecule has 1 N–H and O–H groups in total. The zero-order chi connectivity index (χ0) is 17.0. The molecule has 0 spiro atoms. The number of anilines is 1. The van der Waals surface area contributed by atoms with Crippen LogP contribution in [-0.2, 0) is 9.84 Å². The predicted octanol–water partition coefficient (Wildman–Crippen LogP) is 3.22. The first-order valence-electron chi connectivity index (χ1n) is 6.65. The van der Waals surface area contributed by atoms with Gasteiger partial charge in [0.1, 0.15) is 0 Å². The fourth-order valence-corrected chi connectivity index (χ4v) is 3.21. The van der Waals surface area contributed by atoms with Gasteiger partial charge in [-0.2, -0.15) is 0 Å². The lowest BCUT2D eigenvalue weighted by molar-refractivity contribution is 0.102. The van der Waals surface area contributed by atoms with E-state index in [2.05, 4.69) is 15.3 Å². The third-order valence-electron chi connectivity index (χ3n) is 2.79. The Hall–Kier alpha value is -1.70. The summed E-state index contributed by atoms with van der Waals surface area (Å²) in [6.07, 6.45) is 1.52. The molecule has 0 radical (unpaired) electrons. The van der Waals surface area contributed by atoms with Crippen LogP contribution in [0.15, 0.2) is 35.6 Å². The lowest BCUT2D eigenvalue weighted by atomic mass is 10.3. The van der Waals surface area contributed by atoms with Gasteiger partial charge in [-0.3, -0.25) is 4.79 Å². The van der Waals surface area contributed by atoms with Crippen molar-refractivity contribution in [3.63, 3.8) is 0 Å². The molecule has 23 heavy (non-hydrogen) atoms. The van der Waals surface area contributed by atoms with Crippen molar-refractivity contribution in [2.45, 2.75) is 18.5 Å². The van der Waals surface area contributed by atoms with Gasteiger partial charge in [-0.15, -0.1) is 0 Å². The number of hydrogen-bond donors (Lipinski definition) is 1. The number of rotatable bonds is 5. The number of benzene rings is 1. The van der Waals surface area contributed by atoms with Gasteiger partial charge < -0.3 is 5.32 Å². The summed E-state index contributed by atoms with van der Waals surface area (Å²) in [5.74, 6) is -0.736. The maximum Gasteiger partial charge on any atom is 0.275 e. The van der Waals surface area contributed by atoms with Crippen molar-refractivity contribution in [3.05, 3.63) is 46.2 Å². The van der Waals surface area contributed by atoms with Crippen LogP contribution in [0.5, 0.6) is 0 Å². The number of halogens is 2. The van der Waals surface area contributed by atoms with Crippen molar-refractivity contribution in [2.24, 2.45) is 0 Å². The summed E-state index contributed by atoms with van der Waals surface area (Å²) in [6, 6.07) is 6.42. The van der Waals surface area contributed by atoms with Crippen LogP contribution in [0.3, 0.4) is 0 Å². The Morgan fingerprint density at radius 3 is 2.48 bits per heavy atom. The van der Waals surface area contributed by atoms with Crippen molar-refractivity contribution in [1.82, 2.24) is 9.97 Å². The molecule has 0 saturated carbocycles. The third-order valence-corrected chi connectivity index (χ3v) is 5.02. The summed E-state index contributed by atoms with van der Waals surface area (Å²) in [6.45, 7) is 1.72. The first-order chi connectivity index (χ1) is 10.8. The molecule has 0 atom stereocenters. The minimum Gasteiger partial charge on any atom is -0.321 e. The second-order valence-corrected chi connectivity index (χ2v) is 7.48. The number of carbonyl (C=O) groups excluding carboxylic acids is 1. The molecule has 6 nitrogen and oxygen atoms in total. The van der Waals surface area contributed by atoms with Crippen LogP contribution < -0.4 is 5.32 Å².